The van der Waals surface area contributed by atoms with E-state index in [2.05, 4.69) is 20.0 Å². The Labute approximate surface area is 258 Å². The van der Waals surface area contributed by atoms with Crippen molar-refractivity contribution in [3.05, 3.63) is 54.1 Å². The highest BCUT2D eigenvalue weighted by atomic mass is 35.5. The van der Waals surface area contributed by atoms with Crippen molar-refractivity contribution >= 4 is 53.1 Å². The molecule has 0 bridgehead atoms. The number of carbonyl (C=O) groups excluding carboxylic acids is 1. The van der Waals surface area contributed by atoms with Gasteiger partial charge in [0.25, 0.3) is 0 Å². The molecule has 4 N–H and O–H groups in total. The molecule has 1 unspecified atom stereocenters. The summed E-state index contributed by atoms with van der Waals surface area (Å²) in [6.45, 7) is 1.31. The Kier molecular flexibility index (Phi) is 9.04. The molecule has 0 amide bonds. The van der Waals surface area contributed by atoms with Crippen LogP contribution in [0, 0.1) is 0 Å². The van der Waals surface area contributed by atoms with Crippen LogP contribution in [-0.2, 0) is 23.4 Å². The summed E-state index contributed by atoms with van der Waals surface area (Å²) >= 11 is 6.36. The van der Waals surface area contributed by atoms with Crippen molar-refractivity contribution in [3.8, 4) is 5.75 Å². The average Bonchev–Trinajstić information content (AvgIpc) is 3.55. The first-order valence-corrected chi connectivity index (χ1v) is 16.5. The Morgan fingerprint density at radius 3 is 2.80 bits per heavy atom. The van der Waals surface area contributed by atoms with Crippen LogP contribution in [0.2, 0.25) is 5.28 Å². The Hall–Kier alpha value is -3.32. The van der Waals surface area contributed by atoms with E-state index in [1.165, 1.54) is 10.9 Å². The van der Waals surface area contributed by atoms with E-state index in [0.717, 1.165) is 37.5 Å². The van der Waals surface area contributed by atoms with E-state index in [0.29, 0.717) is 16.8 Å². The number of anilines is 1. The van der Waals surface area contributed by atoms with E-state index in [9.17, 15) is 14.5 Å². The Balaban J connectivity index is 1.20. The van der Waals surface area contributed by atoms with Crippen molar-refractivity contribution in [2.24, 2.45) is 0 Å². The van der Waals surface area contributed by atoms with Gasteiger partial charge in [0.2, 0.25) is 5.28 Å². The number of carbonyl (C=O) groups is 1. The first kappa shape index (κ1) is 30.7. The van der Waals surface area contributed by atoms with Crippen LogP contribution < -0.4 is 15.3 Å². The van der Waals surface area contributed by atoms with Gasteiger partial charge in [0.1, 0.15) is 30.3 Å². The Morgan fingerprint density at radius 1 is 1.20 bits per heavy atom. The number of nitrogens with one attached hydrogen (secondary N) is 1. The molecule has 13 nitrogen and oxygen atoms in total. The Bertz CT molecular complexity index is 1690. The number of aromatic nitrogens is 4. The molecule has 2 aliphatic rings. The maximum Gasteiger partial charge on any atom is 0.459 e. The number of aliphatic hydroxyl groups excluding tert-OH is 1. The number of benzene rings is 2. The summed E-state index contributed by atoms with van der Waals surface area (Å²) < 4.78 is 39.4. The molecule has 2 aromatic heterocycles. The van der Waals surface area contributed by atoms with Crippen LogP contribution in [0.4, 0.5) is 5.82 Å². The fourth-order valence-corrected chi connectivity index (χ4v) is 7.41. The van der Waals surface area contributed by atoms with Crippen molar-refractivity contribution in [3.63, 3.8) is 0 Å². The molecule has 3 heterocycles. The maximum atomic E-state index is 14.3. The molecule has 6 rings (SSSR count). The van der Waals surface area contributed by atoms with Crippen LogP contribution >= 0.6 is 19.3 Å². The lowest BCUT2D eigenvalue weighted by atomic mass is 9.98. The van der Waals surface area contributed by atoms with Crippen molar-refractivity contribution in [1.82, 2.24) is 24.6 Å². The van der Waals surface area contributed by atoms with E-state index in [4.69, 9.17) is 35.9 Å². The predicted molar refractivity (Wildman–Crippen MR) is 163 cm³/mol. The molecule has 1 saturated carbocycles. The van der Waals surface area contributed by atoms with Crippen molar-refractivity contribution < 1.29 is 33.0 Å². The molecule has 2 fully saturated rings. The molecule has 44 heavy (non-hydrogen) atoms. The molecule has 5 atom stereocenters. The topological polar surface area (TPSA) is 173 Å². The second-order valence-corrected chi connectivity index (χ2v) is 13.1. The summed E-state index contributed by atoms with van der Waals surface area (Å²) in [6.07, 6.45) is 3.23. The van der Waals surface area contributed by atoms with Crippen molar-refractivity contribution in [1.29, 1.82) is 0 Å². The van der Waals surface area contributed by atoms with Gasteiger partial charge in [0.15, 0.2) is 23.2 Å². The highest BCUT2D eigenvalue weighted by Gasteiger charge is 2.41. The van der Waals surface area contributed by atoms with E-state index < -0.39 is 38.2 Å². The molecule has 1 aliphatic heterocycles. The van der Waals surface area contributed by atoms with Gasteiger partial charge >= 0.3 is 13.7 Å². The van der Waals surface area contributed by atoms with Crippen LogP contribution in [0.25, 0.3) is 21.9 Å². The van der Waals surface area contributed by atoms with Gasteiger partial charge in [0, 0.05) is 11.8 Å². The van der Waals surface area contributed by atoms with Crippen LogP contribution in [0.5, 0.6) is 5.75 Å². The number of nitrogen functional groups attached to an aromatic ring is 1. The normalized spacial score (nSPS) is 23.0. The lowest BCUT2D eigenvalue weighted by Gasteiger charge is -2.27. The molecule has 2 aromatic carbocycles. The summed E-state index contributed by atoms with van der Waals surface area (Å²) in [5, 5.41) is 15.3. The van der Waals surface area contributed by atoms with Gasteiger partial charge in [0.05, 0.1) is 12.7 Å². The number of imidazole rings is 1. The number of nitrogens with zero attached hydrogens (tertiary/aromatic N) is 4. The summed E-state index contributed by atoms with van der Waals surface area (Å²) in [4.78, 5) is 25.3. The fraction of sp³-hybridized carbons (Fsp3) is 0.448. The average molecular weight is 645 g/mol. The van der Waals surface area contributed by atoms with Crippen molar-refractivity contribution in [2.75, 3.05) is 12.3 Å². The number of ether oxygens (including phenoxy) is 2. The zero-order valence-corrected chi connectivity index (χ0v) is 25.7. The third-order valence-corrected chi connectivity index (χ3v) is 9.72. The monoisotopic (exact) mass is 644 g/mol. The number of hydrogen-bond acceptors (Lipinski definition) is 11. The molecular weight excluding hydrogens is 611 g/mol. The molecular formula is C29H34ClN6O7P. The number of esters is 1. The lowest BCUT2D eigenvalue weighted by molar-refractivity contribution is -0.152. The van der Waals surface area contributed by atoms with Gasteiger partial charge < -0.3 is 24.8 Å². The number of nitrogens with two attached hydrogens (primary N) is 1. The number of halogens is 1. The summed E-state index contributed by atoms with van der Waals surface area (Å²) in [5.41, 5.74) is 6.49. The fourth-order valence-electron chi connectivity index (χ4n) is 5.61. The first-order chi connectivity index (χ1) is 21.2. The van der Waals surface area contributed by atoms with Gasteiger partial charge in [-0.05, 0) is 55.7 Å². The zero-order chi connectivity index (χ0) is 30.8. The van der Waals surface area contributed by atoms with Crippen LogP contribution in [-0.4, -0.2) is 61.6 Å². The minimum absolute atomic E-state index is 0.00903. The summed E-state index contributed by atoms with van der Waals surface area (Å²) in [5.74, 6) is -0.0968. The third-order valence-electron chi connectivity index (χ3n) is 7.82. The van der Waals surface area contributed by atoms with Crippen LogP contribution in [0.1, 0.15) is 51.7 Å². The molecule has 4 aromatic rings. The highest BCUT2D eigenvalue weighted by Crippen LogP contribution is 2.48. The number of aliphatic hydroxyl groups is 1. The Morgan fingerprint density at radius 2 is 1.98 bits per heavy atom. The SMILES string of the molecule is C[C@H](NP(=O)(OC[C@@H]1C[C@H](O)[C@H](n2c(Cl)nc3c(N)ncnc32)O1)Oc1cccc2ccccc12)C(=O)OC1CCCCC1. The number of hydrogen-bond donors (Lipinski definition) is 3. The highest BCUT2D eigenvalue weighted by molar-refractivity contribution is 7.52. The molecule has 1 saturated heterocycles. The number of rotatable bonds is 10. The summed E-state index contributed by atoms with van der Waals surface area (Å²) in [6, 6.07) is 11.8. The smallest absolute Gasteiger partial charge is 0.459 e. The van der Waals surface area contributed by atoms with Crippen LogP contribution in [0.3, 0.4) is 0 Å². The number of fused-ring (bicyclic) bond motifs is 2. The van der Waals surface area contributed by atoms with Gasteiger partial charge in [-0.3, -0.25) is 13.9 Å². The second kappa shape index (κ2) is 13.0. The van der Waals surface area contributed by atoms with Gasteiger partial charge in [-0.1, -0.05) is 42.8 Å². The minimum atomic E-state index is -4.21. The standard InChI is InChI=1S/C29H34ClN6O7P/c1-17(28(38)42-19-10-3-2-4-11-19)35-44(39,43-23-13-7-9-18-8-5-6-12-21(18)23)40-15-20-14-22(37)27(41-20)36-26-24(34-29(36)30)25(31)32-16-33-26/h5-9,12-13,16-17,19-20,22,27,37H,2-4,10-11,14-15H2,1H3,(H,35,39)(H2,31,32,33)/t17-,20-,22-,27+,44?/m0/s1. The molecule has 234 valence electrons. The third kappa shape index (κ3) is 6.53. The van der Waals surface area contributed by atoms with Gasteiger partial charge in [-0.2, -0.15) is 5.09 Å². The molecule has 1 aliphatic carbocycles. The predicted octanol–water partition coefficient (Wildman–Crippen LogP) is 4.92. The van der Waals surface area contributed by atoms with Crippen molar-refractivity contribution in [2.45, 2.75) is 76.0 Å². The van der Waals surface area contributed by atoms with E-state index >= 15 is 0 Å². The quantitative estimate of drug-likeness (QED) is 0.121. The van der Waals surface area contributed by atoms with E-state index in [1.807, 2.05) is 30.3 Å². The lowest BCUT2D eigenvalue weighted by Crippen LogP contribution is -2.37. The van der Waals surface area contributed by atoms with Gasteiger partial charge in [-0.25, -0.2) is 19.5 Å². The van der Waals surface area contributed by atoms with Gasteiger partial charge in [-0.15, -0.1) is 0 Å². The van der Waals surface area contributed by atoms with E-state index in [1.54, 1.807) is 19.1 Å². The largest absolute Gasteiger partial charge is 0.461 e. The molecule has 0 spiro atoms. The molecule has 0 radical (unpaired) electrons. The maximum absolute atomic E-state index is 14.3. The van der Waals surface area contributed by atoms with E-state index in [-0.39, 0.29) is 35.7 Å². The van der Waals surface area contributed by atoms with Crippen LogP contribution in [0.15, 0.2) is 48.8 Å². The zero-order valence-electron chi connectivity index (χ0n) is 24.0. The second-order valence-electron chi connectivity index (χ2n) is 11.0. The molecule has 15 heteroatoms. The first-order valence-electron chi connectivity index (χ1n) is 14.6. The minimum Gasteiger partial charge on any atom is -0.461 e. The summed E-state index contributed by atoms with van der Waals surface area (Å²) in [7, 11) is -4.21.